The van der Waals surface area contributed by atoms with E-state index in [9.17, 15) is 14.0 Å². The zero-order valence-electron chi connectivity index (χ0n) is 25.7. The van der Waals surface area contributed by atoms with Gasteiger partial charge in [-0.25, -0.2) is 13.3 Å². The van der Waals surface area contributed by atoms with Crippen molar-refractivity contribution in [1.29, 1.82) is 0 Å². The number of nitrogens with one attached hydrogen (secondary N) is 1. The Morgan fingerprint density at radius 3 is 2.49 bits per heavy atom. The van der Waals surface area contributed by atoms with Crippen molar-refractivity contribution in [3.05, 3.63) is 137 Å². The molecule has 6 aromatic rings. The molecule has 47 heavy (non-hydrogen) atoms. The van der Waals surface area contributed by atoms with Crippen molar-refractivity contribution in [2.45, 2.75) is 20.0 Å². The van der Waals surface area contributed by atoms with E-state index in [2.05, 4.69) is 10.4 Å². The van der Waals surface area contributed by atoms with Gasteiger partial charge in [0.1, 0.15) is 22.6 Å². The lowest BCUT2D eigenvalue weighted by atomic mass is 10.0. The van der Waals surface area contributed by atoms with Gasteiger partial charge in [0.25, 0.3) is 11.5 Å². The molecule has 238 valence electrons. The Balaban J connectivity index is 1.28. The van der Waals surface area contributed by atoms with Crippen molar-refractivity contribution in [3.8, 4) is 34.1 Å². The number of ether oxygens (including phenoxy) is 3. The van der Waals surface area contributed by atoms with E-state index in [4.69, 9.17) is 14.2 Å². The summed E-state index contributed by atoms with van der Waals surface area (Å²) in [6, 6.07) is 22.1. The molecule has 0 aliphatic carbocycles. The van der Waals surface area contributed by atoms with Crippen LogP contribution in [0.4, 0.5) is 14.5 Å². The number of carbonyl (C=O) groups excluding carboxylic acids is 1. The standard InChI is InChI=1S/C36H30F2N4O5/c1-4-46-31-16-18-41(27-11-8-25(37)9-12-27)36(44)33(31)35(43)40-26-10-13-30(29(38)21-26)47-32-14-17-39-42-19-15-28(34(32)42)24-7-5-6-23(20-24)22(2)45-3/h5-22H,4H2,1-3H3,(H,40,43). The highest BCUT2D eigenvalue weighted by atomic mass is 19.1. The van der Waals surface area contributed by atoms with Crippen LogP contribution in [0.3, 0.4) is 0 Å². The molecule has 0 fully saturated rings. The number of hydrogen-bond donors (Lipinski definition) is 1. The lowest BCUT2D eigenvalue weighted by Crippen LogP contribution is -2.29. The number of hydrogen-bond acceptors (Lipinski definition) is 6. The van der Waals surface area contributed by atoms with E-state index in [1.54, 1.807) is 37.0 Å². The summed E-state index contributed by atoms with van der Waals surface area (Å²) >= 11 is 0. The van der Waals surface area contributed by atoms with Gasteiger partial charge in [-0.15, -0.1) is 0 Å². The van der Waals surface area contributed by atoms with Gasteiger partial charge in [0.2, 0.25) is 0 Å². The quantitative estimate of drug-likeness (QED) is 0.167. The molecule has 0 radical (unpaired) electrons. The maximum Gasteiger partial charge on any atom is 0.271 e. The van der Waals surface area contributed by atoms with E-state index in [1.165, 1.54) is 53.2 Å². The molecule has 0 aliphatic rings. The first-order valence-corrected chi connectivity index (χ1v) is 14.8. The lowest BCUT2D eigenvalue weighted by Gasteiger charge is -2.14. The fourth-order valence-corrected chi connectivity index (χ4v) is 5.21. The molecule has 1 N–H and O–H groups in total. The van der Waals surface area contributed by atoms with Gasteiger partial charge in [-0.2, -0.15) is 5.10 Å². The molecular formula is C36H30F2N4O5. The van der Waals surface area contributed by atoms with Gasteiger partial charge in [-0.1, -0.05) is 18.2 Å². The molecule has 0 saturated heterocycles. The fourth-order valence-electron chi connectivity index (χ4n) is 5.21. The molecule has 0 aliphatic heterocycles. The number of nitrogens with zero attached hydrogens (tertiary/aromatic N) is 3. The minimum Gasteiger partial charge on any atom is -0.493 e. The largest absolute Gasteiger partial charge is 0.493 e. The first-order valence-electron chi connectivity index (χ1n) is 14.8. The second-order valence-corrected chi connectivity index (χ2v) is 10.6. The Bertz CT molecular complexity index is 2140. The van der Waals surface area contributed by atoms with Crippen molar-refractivity contribution in [1.82, 2.24) is 14.2 Å². The van der Waals surface area contributed by atoms with Gasteiger partial charge in [0.15, 0.2) is 17.3 Å². The fraction of sp³-hybridized carbons (Fsp3) is 0.139. The van der Waals surface area contributed by atoms with Crippen molar-refractivity contribution in [2.24, 2.45) is 0 Å². The molecule has 3 aromatic heterocycles. The summed E-state index contributed by atoms with van der Waals surface area (Å²) in [5.74, 6) is -1.68. The van der Waals surface area contributed by atoms with Crippen LogP contribution in [0.5, 0.6) is 17.2 Å². The number of pyridine rings is 1. The van der Waals surface area contributed by atoms with Crippen molar-refractivity contribution >= 4 is 17.1 Å². The van der Waals surface area contributed by atoms with E-state index in [1.807, 2.05) is 37.3 Å². The first-order chi connectivity index (χ1) is 22.8. The number of anilines is 1. The number of rotatable bonds is 10. The molecule has 0 spiro atoms. The molecule has 9 nitrogen and oxygen atoms in total. The normalized spacial score (nSPS) is 11.8. The number of benzene rings is 3. The second kappa shape index (κ2) is 13.3. The summed E-state index contributed by atoms with van der Waals surface area (Å²) in [5, 5.41) is 6.96. The van der Waals surface area contributed by atoms with Crippen LogP contribution >= 0.6 is 0 Å². The Morgan fingerprint density at radius 2 is 1.74 bits per heavy atom. The van der Waals surface area contributed by atoms with Crippen LogP contribution in [0.15, 0.2) is 108 Å². The van der Waals surface area contributed by atoms with E-state index < -0.39 is 23.1 Å². The molecule has 6 rings (SSSR count). The topological polar surface area (TPSA) is 96.1 Å². The van der Waals surface area contributed by atoms with Crippen LogP contribution in [0.1, 0.15) is 35.9 Å². The highest BCUT2D eigenvalue weighted by Gasteiger charge is 2.21. The summed E-state index contributed by atoms with van der Waals surface area (Å²) in [4.78, 5) is 26.8. The molecule has 1 unspecified atom stereocenters. The van der Waals surface area contributed by atoms with Crippen LogP contribution in [-0.2, 0) is 4.74 Å². The Hall–Kier alpha value is -5.81. The summed E-state index contributed by atoms with van der Waals surface area (Å²) < 4.78 is 48.9. The number of halogens is 2. The summed E-state index contributed by atoms with van der Waals surface area (Å²) in [6.07, 6.45) is 4.68. The molecule has 1 atom stereocenters. The third-order valence-corrected chi connectivity index (χ3v) is 7.63. The molecule has 0 bridgehead atoms. The number of methoxy groups -OCH3 is 1. The van der Waals surface area contributed by atoms with Gasteiger partial charge >= 0.3 is 0 Å². The minimum absolute atomic E-state index is 0.0562. The highest BCUT2D eigenvalue weighted by molar-refractivity contribution is 6.06. The Kier molecular flexibility index (Phi) is 8.81. The third-order valence-electron chi connectivity index (χ3n) is 7.63. The van der Waals surface area contributed by atoms with Gasteiger partial charge in [-0.05, 0) is 79.6 Å². The number of amides is 1. The molecule has 1 amide bonds. The van der Waals surface area contributed by atoms with Gasteiger partial charge in [-0.3, -0.25) is 14.2 Å². The van der Waals surface area contributed by atoms with Crippen molar-refractivity contribution in [2.75, 3.05) is 19.0 Å². The SMILES string of the molecule is CCOc1ccn(-c2ccc(F)cc2)c(=O)c1C(=O)Nc1ccc(Oc2ccnn3ccc(-c4cccc(C(C)OC)c4)c23)c(F)c1. The average molecular weight is 637 g/mol. The predicted octanol–water partition coefficient (Wildman–Crippen LogP) is 7.58. The number of carbonyl (C=O) groups is 1. The van der Waals surface area contributed by atoms with Gasteiger partial charge in [0, 0.05) is 48.6 Å². The van der Waals surface area contributed by atoms with Gasteiger partial charge < -0.3 is 19.5 Å². The van der Waals surface area contributed by atoms with Crippen molar-refractivity contribution in [3.63, 3.8) is 0 Å². The Labute approximate surface area is 268 Å². The third kappa shape index (κ3) is 6.34. The summed E-state index contributed by atoms with van der Waals surface area (Å²) in [5.41, 5.74) is 2.85. The van der Waals surface area contributed by atoms with E-state index >= 15 is 4.39 Å². The monoisotopic (exact) mass is 636 g/mol. The van der Waals surface area contributed by atoms with Gasteiger partial charge in [0.05, 0.1) is 18.9 Å². The highest BCUT2D eigenvalue weighted by Crippen LogP contribution is 2.36. The molecule has 0 saturated carbocycles. The molecule has 3 aromatic carbocycles. The average Bonchev–Trinajstić information content (AvgIpc) is 3.52. The van der Waals surface area contributed by atoms with Crippen LogP contribution in [0, 0.1) is 11.6 Å². The van der Waals surface area contributed by atoms with E-state index in [0.717, 1.165) is 22.8 Å². The van der Waals surface area contributed by atoms with Crippen molar-refractivity contribution < 1.29 is 27.8 Å². The molecule has 11 heteroatoms. The zero-order chi connectivity index (χ0) is 33.1. The van der Waals surface area contributed by atoms with Crippen LogP contribution in [-0.4, -0.2) is 33.8 Å². The maximum atomic E-state index is 15.5. The zero-order valence-corrected chi connectivity index (χ0v) is 25.7. The molecule has 3 heterocycles. The van der Waals surface area contributed by atoms with E-state index in [0.29, 0.717) is 17.0 Å². The number of fused-ring (bicyclic) bond motifs is 1. The predicted molar refractivity (Wildman–Crippen MR) is 174 cm³/mol. The van der Waals surface area contributed by atoms with Crippen LogP contribution in [0.25, 0.3) is 22.3 Å². The van der Waals surface area contributed by atoms with Crippen LogP contribution < -0.4 is 20.3 Å². The first kappa shape index (κ1) is 31.2. The summed E-state index contributed by atoms with van der Waals surface area (Å²) in [7, 11) is 1.65. The maximum absolute atomic E-state index is 15.5. The van der Waals surface area contributed by atoms with Crippen LogP contribution in [0.2, 0.25) is 0 Å². The minimum atomic E-state index is -0.804. The molecular weight excluding hydrogens is 606 g/mol. The second-order valence-electron chi connectivity index (χ2n) is 10.6. The van der Waals surface area contributed by atoms with E-state index in [-0.39, 0.29) is 35.5 Å². The lowest BCUT2D eigenvalue weighted by molar-refractivity contribution is 0.102. The Morgan fingerprint density at radius 1 is 0.936 bits per heavy atom. The number of aromatic nitrogens is 3. The summed E-state index contributed by atoms with van der Waals surface area (Å²) in [6.45, 7) is 3.88. The smallest absolute Gasteiger partial charge is 0.271 e.